The molecule has 0 saturated heterocycles. The van der Waals surface area contributed by atoms with Crippen LogP contribution in [0.1, 0.15) is 0 Å². The van der Waals surface area contributed by atoms with E-state index in [0.717, 1.165) is 83.1 Å². The van der Waals surface area contributed by atoms with Gasteiger partial charge in [0, 0.05) is 44.9 Å². The maximum atomic E-state index is 6.61. The Morgan fingerprint density at radius 1 is 0.375 bits per heavy atom. The molecule has 0 spiro atoms. The molecule has 0 fully saturated rings. The van der Waals surface area contributed by atoms with Gasteiger partial charge in [-0.1, -0.05) is 115 Å². The molecule has 6 heteroatoms. The third-order valence-corrected chi connectivity index (χ3v) is 10.5. The highest BCUT2D eigenvalue weighted by atomic mass is 16.3. The van der Waals surface area contributed by atoms with Gasteiger partial charge in [0.15, 0.2) is 17.5 Å². The highest BCUT2D eigenvalue weighted by Crippen LogP contribution is 2.41. The first-order valence-corrected chi connectivity index (χ1v) is 18.6. The largest absolute Gasteiger partial charge is 0.456 e. The minimum absolute atomic E-state index is 0.588. The Balaban J connectivity index is 1.13. The quantitative estimate of drug-likeness (QED) is 0.171. The van der Waals surface area contributed by atoms with Gasteiger partial charge in [0.05, 0.1) is 22.1 Å². The molecule has 0 atom stereocenters. The summed E-state index contributed by atoms with van der Waals surface area (Å²) in [6.07, 6.45) is 1.83. The van der Waals surface area contributed by atoms with Crippen LogP contribution in [-0.4, -0.2) is 24.5 Å². The van der Waals surface area contributed by atoms with Crippen molar-refractivity contribution in [2.24, 2.45) is 0 Å². The summed E-state index contributed by atoms with van der Waals surface area (Å²) < 4.78 is 8.96. The van der Waals surface area contributed by atoms with Gasteiger partial charge in [-0.3, -0.25) is 4.98 Å². The van der Waals surface area contributed by atoms with Gasteiger partial charge in [-0.05, 0) is 83.2 Å². The van der Waals surface area contributed by atoms with E-state index in [1.807, 2.05) is 97.2 Å². The van der Waals surface area contributed by atoms with Gasteiger partial charge in [-0.25, -0.2) is 15.0 Å². The summed E-state index contributed by atoms with van der Waals surface area (Å²) in [5, 5.41) is 4.55. The molecule has 0 aliphatic carbocycles. The van der Waals surface area contributed by atoms with E-state index < -0.39 is 0 Å². The first kappa shape index (κ1) is 31.8. The molecule has 262 valence electrons. The maximum Gasteiger partial charge on any atom is 0.164 e. The highest BCUT2D eigenvalue weighted by molar-refractivity contribution is 6.26. The second-order valence-corrected chi connectivity index (χ2v) is 13.9. The van der Waals surface area contributed by atoms with E-state index in [-0.39, 0.29) is 0 Å². The van der Waals surface area contributed by atoms with Crippen molar-refractivity contribution in [3.05, 3.63) is 188 Å². The molecule has 11 aromatic rings. The van der Waals surface area contributed by atoms with Gasteiger partial charge in [-0.2, -0.15) is 0 Å². The fourth-order valence-electron chi connectivity index (χ4n) is 7.93. The number of hydrogen-bond donors (Lipinski definition) is 0. The molecule has 0 N–H and O–H groups in total. The van der Waals surface area contributed by atoms with Crippen LogP contribution in [0.4, 0.5) is 0 Å². The molecule has 7 aromatic carbocycles. The smallest absolute Gasteiger partial charge is 0.164 e. The van der Waals surface area contributed by atoms with Gasteiger partial charge in [0.1, 0.15) is 11.2 Å². The minimum Gasteiger partial charge on any atom is -0.456 e. The molecule has 0 amide bonds. The molecule has 0 radical (unpaired) electrons. The zero-order valence-corrected chi connectivity index (χ0v) is 30.0. The zero-order chi connectivity index (χ0) is 37.0. The summed E-state index contributed by atoms with van der Waals surface area (Å²) in [7, 11) is 0. The van der Waals surface area contributed by atoms with E-state index in [9.17, 15) is 0 Å². The van der Waals surface area contributed by atoms with Crippen molar-refractivity contribution in [2.75, 3.05) is 0 Å². The van der Waals surface area contributed by atoms with E-state index in [4.69, 9.17) is 24.4 Å². The fourth-order valence-corrected chi connectivity index (χ4v) is 7.93. The van der Waals surface area contributed by atoms with Crippen LogP contribution in [0, 0.1) is 0 Å². The van der Waals surface area contributed by atoms with Crippen molar-refractivity contribution in [3.8, 4) is 62.2 Å². The van der Waals surface area contributed by atoms with E-state index in [0.29, 0.717) is 17.5 Å². The van der Waals surface area contributed by atoms with Gasteiger partial charge in [-0.15, -0.1) is 0 Å². The van der Waals surface area contributed by atoms with E-state index in [1.165, 1.54) is 5.39 Å². The van der Waals surface area contributed by atoms with Crippen molar-refractivity contribution in [1.29, 1.82) is 0 Å². The molecular weight excluding hydrogens is 687 g/mol. The summed E-state index contributed by atoms with van der Waals surface area (Å²) in [4.78, 5) is 19.9. The summed E-state index contributed by atoms with van der Waals surface area (Å²) in [6, 6.07) is 62.5. The topological polar surface area (TPSA) is 69.6 Å². The zero-order valence-electron chi connectivity index (χ0n) is 30.0. The number of nitrogens with zero attached hydrogens (tertiary/aromatic N) is 5. The van der Waals surface area contributed by atoms with Crippen molar-refractivity contribution < 1.29 is 4.42 Å². The van der Waals surface area contributed by atoms with Gasteiger partial charge in [0.25, 0.3) is 0 Å². The van der Waals surface area contributed by atoms with Crippen LogP contribution in [0.5, 0.6) is 0 Å². The lowest BCUT2D eigenvalue weighted by Gasteiger charge is -2.14. The summed E-state index contributed by atoms with van der Waals surface area (Å²) in [6.45, 7) is 0. The number of benzene rings is 7. The Morgan fingerprint density at radius 3 is 1.70 bits per heavy atom. The van der Waals surface area contributed by atoms with Crippen LogP contribution in [0.2, 0.25) is 0 Å². The maximum absolute atomic E-state index is 6.61. The average molecular weight is 718 g/mol. The molecular formula is C50H31N5O. The fraction of sp³-hybridized carbons (Fsp3) is 0. The highest BCUT2D eigenvalue weighted by Gasteiger charge is 2.20. The first-order valence-electron chi connectivity index (χ1n) is 18.6. The van der Waals surface area contributed by atoms with Crippen molar-refractivity contribution >= 4 is 43.7 Å². The Labute approximate surface area is 322 Å². The lowest BCUT2D eigenvalue weighted by Crippen LogP contribution is -2.00. The third-order valence-electron chi connectivity index (χ3n) is 10.5. The number of rotatable bonds is 6. The van der Waals surface area contributed by atoms with Crippen LogP contribution < -0.4 is 0 Å². The normalized spacial score (nSPS) is 11.6. The lowest BCUT2D eigenvalue weighted by molar-refractivity contribution is 0.664. The second-order valence-electron chi connectivity index (χ2n) is 13.9. The molecule has 6 nitrogen and oxygen atoms in total. The molecule has 0 bridgehead atoms. The molecule has 56 heavy (non-hydrogen) atoms. The van der Waals surface area contributed by atoms with E-state index >= 15 is 0 Å². The third kappa shape index (κ3) is 5.35. The standard InChI is InChI=1S/C50H31N5O/c1-3-14-32(15-4-1)48-52-49(33-16-5-2-6-17-33)54-50(53-48)37-29-35(28-36(30-37)41-22-9-10-27-51-41)34-18-11-19-38(31-34)55-42-23-12-21-40-39-20-7-8-25-44(39)56-45-26-13-24-43(55)47(45)46(40)42/h1-31H. The number of pyridine rings is 1. The molecule has 0 aliphatic heterocycles. The van der Waals surface area contributed by atoms with Crippen LogP contribution in [0.15, 0.2) is 193 Å². The first-order chi connectivity index (χ1) is 27.7. The Kier molecular flexibility index (Phi) is 7.38. The van der Waals surface area contributed by atoms with Crippen molar-refractivity contribution in [2.45, 2.75) is 0 Å². The monoisotopic (exact) mass is 717 g/mol. The molecule has 0 aliphatic rings. The van der Waals surface area contributed by atoms with Gasteiger partial charge < -0.3 is 8.98 Å². The van der Waals surface area contributed by atoms with Crippen molar-refractivity contribution in [1.82, 2.24) is 24.5 Å². The average Bonchev–Trinajstić information content (AvgIpc) is 3.54. The van der Waals surface area contributed by atoms with Gasteiger partial charge >= 0.3 is 0 Å². The SMILES string of the molecule is c1ccc(-c2nc(-c3ccccc3)nc(-c3cc(-c4cccc(-n5c6cccc7oc8ccccc8c8cccc5c8c76)c4)cc(-c4ccccn4)c3)n2)cc1. The van der Waals surface area contributed by atoms with Crippen LogP contribution in [-0.2, 0) is 0 Å². The van der Waals surface area contributed by atoms with Gasteiger partial charge in [0.2, 0.25) is 0 Å². The van der Waals surface area contributed by atoms with Crippen molar-refractivity contribution in [3.63, 3.8) is 0 Å². The summed E-state index contributed by atoms with van der Waals surface area (Å²) in [5.41, 5.74) is 11.6. The summed E-state index contributed by atoms with van der Waals surface area (Å²) >= 11 is 0. The molecule has 11 rings (SSSR count). The Bertz CT molecular complexity index is 3190. The van der Waals surface area contributed by atoms with E-state index in [2.05, 4.69) is 95.6 Å². The van der Waals surface area contributed by atoms with Crippen LogP contribution in [0.25, 0.3) is 106 Å². The van der Waals surface area contributed by atoms with Crippen LogP contribution in [0.3, 0.4) is 0 Å². The van der Waals surface area contributed by atoms with E-state index in [1.54, 1.807) is 0 Å². The Morgan fingerprint density at radius 2 is 0.946 bits per heavy atom. The molecule has 4 aromatic heterocycles. The number of fused-ring (bicyclic) bond motifs is 2. The number of para-hydroxylation sites is 1. The minimum atomic E-state index is 0.588. The molecule has 0 saturated carbocycles. The predicted molar refractivity (Wildman–Crippen MR) is 226 cm³/mol. The summed E-state index contributed by atoms with van der Waals surface area (Å²) in [5.74, 6) is 1.82. The second kappa shape index (κ2) is 13.0. The Hall–Kier alpha value is -7.70. The molecule has 0 unspecified atom stereocenters. The van der Waals surface area contributed by atoms with Crippen LogP contribution >= 0.6 is 0 Å². The number of hydrogen-bond acceptors (Lipinski definition) is 5. The molecule has 4 heterocycles. The predicted octanol–water partition coefficient (Wildman–Crippen LogP) is 12.6. The number of aromatic nitrogens is 5. The lowest BCUT2D eigenvalue weighted by atomic mass is 9.97.